The van der Waals surface area contributed by atoms with Crippen LogP contribution in [0.15, 0.2) is 79.1 Å². The van der Waals surface area contributed by atoms with Crippen LogP contribution in [0.2, 0.25) is 0 Å². The molecule has 5 heteroatoms. The normalized spacial score (nSPS) is 16.6. The van der Waals surface area contributed by atoms with Crippen molar-refractivity contribution in [2.75, 3.05) is 18.0 Å². The Morgan fingerprint density at radius 1 is 1.03 bits per heavy atom. The molecule has 0 aliphatic carbocycles. The van der Waals surface area contributed by atoms with E-state index in [0.29, 0.717) is 12.0 Å². The van der Waals surface area contributed by atoms with Crippen LogP contribution in [0, 0.1) is 6.92 Å². The van der Waals surface area contributed by atoms with Crippen molar-refractivity contribution < 1.29 is 9.90 Å². The highest BCUT2D eigenvalue weighted by atomic mass is 16.4. The number of pyridine rings is 1. The fourth-order valence-electron chi connectivity index (χ4n) is 6.10. The molecule has 1 atom stereocenters. The first kappa shape index (κ1) is 24.4. The van der Waals surface area contributed by atoms with Gasteiger partial charge in [0.25, 0.3) is 0 Å². The summed E-state index contributed by atoms with van der Waals surface area (Å²) >= 11 is 0. The number of carboxylic acid groups (broad SMARTS) is 1. The van der Waals surface area contributed by atoms with Gasteiger partial charge in [0.15, 0.2) is 0 Å². The molecule has 38 heavy (non-hydrogen) atoms. The van der Waals surface area contributed by atoms with Crippen molar-refractivity contribution in [3.63, 3.8) is 0 Å². The second kappa shape index (κ2) is 10.4. The third-order valence-corrected chi connectivity index (χ3v) is 8.16. The lowest BCUT2D eigenvalue weighted by atomic mass is 9.87. The van der Waals surface area contributed by atoms with Gasteiger partial charge in [-0.1, -0.05) is 48.5 Å². The number of aromatic nitrogens is 1. The van der Waals surface area contributed by atoms with Crippen LogP contribution in [0.4, 0.5) is 5.69 Å². The molecule has 2 N–H and O–H groups in total. The van der Waals surface area contributed by atoms with E-state index in [1.807, 2.05) is 0 Å². The summed E-state index contributed by atoms with van der Waals surface area (Å²) in [6, 6.07) is 24.3. The van der Waals surface area contributed by atoms with Gasteiger partial charge in [-0.05, 0) is 102 Å². The van der Waals surface area contributed by atoms with Crippen molar-refractivity contribution in [1.82, 2.24) is 10.3 Å². The van der Waals surface area contributed by atoms with Crippen molar-refractivity contribution in [3.05, 3.63) is 118 Å². The number of carbonyl (C=O) groups is 1. The number of fused-ring (bicyclic) bond motifs is 2. The second-order valence-corrected chi connectivity index (χ2v) is 10.5. The van der Waals surface area contributed by atoms with E-state index < -0.39 is 5.97 Å². The Balaban J connectivity index is 1.20. The van der Waals surface area contributed by atoms with Crippen molar-refractivity contribution in [1.29, 1.82) is 0 Å². The Kier molecular flexibility index (Phi) is 6.69. The van der Waals surface area contributed by atoms with Crippen LogP contribution < -0.4 is 10.2 Å². The maximum Gasteiger partial charge on any atom is 0.336 e. The number of benzene rings is 3. The largest absolute Gasteiger partial charge is 0.478 e. The topological polar surface area (TPSA) is 65.5 Å². The molecule has 0 unspecified atom stereocenters. The van der Waals surface area contributed by atoms with Gasteiger partial charge < -0.3 is 15.3 Å². The summed E-state index contributed by atoms with van der Waals surface area (Å²) in [5.74, 6) is -0.893. The summed E-state index contributed by atoms with van der Waals surface area (Å²) in [7, 11) is 0. The number of aryl methyl sites for hydroxylation is 2. The third-order valence-electron chi connectivity index (χ3n) is 8.16. The fraction of sp³-hybridized carbons (Fsp3) is 0.273. The summed E-state index contributed by atoms with van der Waals surface area (Å²) < 4.78 is 0. The standard InChI is InChI=1S/C33H33N3O2/c1-22-18-28(36-17-14-23-4-2-3-5-27(23)21-36)8-10-29(22)24-6-9-30-25(19-24)12-16-35-32(30)11-7-26-20-34-15-13-31(26)33(37)38/h2-6,8-10,13,15,18-20,32,35H,7,11-12,14,16-17,21H2,1H3,(H,37,38)/t32-/m1/s1. The van der Waals surface area contributed by atoms with E-state index in [-0.39, 0.29) is 6.04 Å². The first-order chi connectivity index (χ1) is 18.6. The lowest BCUT2D eigenvalue weighted by molar-refractivity contribution is 0.0695. The quantitative estimate of drug-likeness (QED) is 0.331. The zero-order valence-corrected chi connectivity index (χ0v) is 21.8. The van der Waals surface area contributed by atoms with Gasteiger partial charge >= 0.3 is 5.97 Å². The third kappa shape index (κ3) is 4.82. The highest BCUT2D eigenvalue weighted by molar-refractivity contribution is 5.89. The number of rotatable bonds is 6. The van der Waals surface area contributed by atoms with E-state index in [4.69, 9.17) is 0 Å². The molecule has 0 amide bonds. The number of anilines is 1. The van der Waals surface area contributed by atoms with Crippen LogP contribution in [0.3, 0.4) is 0 Å². The summed E-state index contributed by atoms with van der Waals surface area (Å²) in [5, 5.41) is 13.1. The fourth-order valence-corrected chi connectivity index (χ4v) is 6.10. The molecule has 5 nitrogen and oxygen atoms in total. The molecule has 192 valence electrons. The molecule has 2 aliphatic heterocycles. The highest BCUT2D eigenvalue weighted by Crippen LogP contribution is 2.34. The van der Waals surface area contributed by atoms with Crippen LogP contribution in [0.25, 0.3) is 11.1 Å². The highest BCUT2D eigenvalue weighted by Gasteiger charge is 2.22. The summed E-state index contributed by atoms with van der Waals surface area (Å²) in [5.41, 5.74) is 11.9. The van der Waals surface area contributed by atoms with Crippen LogP contribution in [-0.4, -0.2) is 29.1 Å². The van der Waals surface area contributed by atoms with E-state index in [1.54, 1.807) is 18.5 Å². The second-order valence-electron chi connectivity index (χ2n) is 10.5. The van der Waals surface area contributed by atoms with Gasteiger partial charge in [-0.3, -0.25) is 4.98 Å². The van der Waals surface area contributed by atoms with Crippen LogP contribution in [-0.2, 0) is 25.8 Å². The molecule has 0 saturated heterocycles. The van der Waals surface area contributed by atoms with E-state index in [0.717, 1.165) is 44.5 Å². The minimum Gasteiger partial charge on any atom is -0.478 e. The molecule has 0 spiro atoms. The molecule has 3 aromatic carbocycles. The average Bonchev–Trinajstić information content (AvgIpc) is 2.95. The Morgan fingerprint density at radius 2 is 1.89 bits per heavy atom. The molecule has 3 heterocycles. The SMILES string of the molecule is Cc1cc(N2CCc3ccccc3C2)ccc1-c1ccc2c(c1)CCN[C@@H]2CCc1cnccc1C(=O)O. The van der Waals surface area contributed by atoms with Gasteiger partial charge in [0.1, 0.15) is 0 Å². The first-order valence-corrected chi connectivity index (χ1v) is 13.5. The van der Waals surface area contributed by atoms with Gasteiger partial charge in [-0.2, -0.15) is 0 Å². The van der Waals surface area contributed by atoms with Gasteiger partial charge in [0.2, 0.25) is 0 Å². The molecule has 1 aromatic heterocycles. The predicted molar refractivity (Wildman–Crippen MR) is 152 cm³/mol. The number of nitrogens with one attached hydrogen (secondary N) is 1. The van der Waals surface area contributed by atoms with Crippen molar-refractivity contribution in [2.45, 2.75) is 45.2 Å². The van der Waals surface area contributed by atoms with E-state index in [2.05, 4.69) is 82.8 Å². The van der Waals surface area contributed by atoms with E-state index in [1.165, 1.54) is 44.6 Å². The zero-order chi connectivity index (χ0) is 26.1. The lowest BCUT2D eigenvalue weighted by Gasteiger charge is -2.31. The van der Waals surface area contributed by atoms with Crippen molar-refractivity contribution >= 4 is 11.7 Å². The maximum absolute atomic E-state index is 11.6. The summed E-state index contributed by atoms with van der Waals surface area (Å²) in [6.45, 7) is 5.16. The van der Waals surface area contributed by atoms with Gasteiger partial charge in [0.05, 0.1) is 5.56 Å². The molecular formula is C33H33N3O2. The molecule has 0 bridgehead atoms. The number of nitrogens with zero attached hydrogens (tertiary/aromatic N) is 2. The Morgan fingerprint density at radius 3 is 2.74 bits per heavy atom. The molecule has 2 aliphatic rings. The van der Waals surface area contributed by atoms with Crippen LogP contribution in [0.5, 0.6) is 0 Å². The first-order valence-electron chi connectivity index (χ1n) is 13.5. The lowest BCUT2D eigenvalue weighted by Crippen LogP contribution is -2.30. The number of carboxylic acids is 1. The number of hydrogen-bond acceptors (Lipinski definition) is 4. The van der Waals surface area contributed by atoms with E-state index >= 15 is 0 Å². The average molecular weight is 504 g/mol. The molecule has 0 fully saturated rings. The summed E-state index contributed by atoms with van der Waals surface area (Å²) in [4.78, 5) is 18.2. The predicted octanol–water partition coefficient (Wildman–Crippen LogP) is 6.14. The minimum absolute atomic E-state index is 0.208. The van der Waals surface area contributed by atoms with Gasteiger partial charge in [0, 0.05) is 37.2 Å². The Hall–Kier alpha value is -3.96. The number of hydrogen-bond donors (Lipinski definition) is 2. The van der Waals surface area contributed by atoms with E-state index in [9.17, 15) is 9.90 Å². The molecular weight excluding hydrogens is 470 g/mol. The monoisotopic (exact) mass is 503 g/mol. The van der Waals surface area contributed by atoms with Crippen molar-refractivity contribution in [3.8, 4) is 11.1 Å². The Labute approximate surface area is 224 Å². The minimum atomic E-state index is -0.893. The smallest absolute Gasteiger partial charge is 0.336 e. The van der Waals surface area contributed by atoms with Gasteiger partial charge in [-0.15, -0.1) is 0 Å². The molecule has 0 saturated carbocycles. The summed E-state index contributed by atoms with van der Waals surface area (Å²) in [6.07, 6.45) is 6.83. The van der Waals surface area contributed by atoms with Crippen molar-refractivity contribution in [2.24, 2.45) is 0 Å². The zero-order valence-electron chi connectivity index (χ0n) is 21.8. The van der Waals surface area contributed by atoms with Crippen LogP contribution in [0.1, 0.15) is 56.2 Å². The maximum atomic E-state index is 11.6. The van der Waals surface area contributed by atoms with Gasteiger partial charge in [-0.25, -0.2) is 4.79 Å². The van der Waals surface area contributed by atoms with Crippen LogP contribution >= 0.6 is 0 Å². The Bertz CT molecular complexity index is 1500. The molecule has 6 rings (SSSR count). The molecule has 4 aromatic rings. The number of aromatic carboxylic acids is 1. The molecule has 0 radical (unpaired) electrons.